The van der Waals surface area contributed by atoms with Crippen molar-refractivity contribution in [3.8, 4) is 0 Å². The summed E-state index contributed by atoms with van der Waals surface area (Å²) in [5.41, 5.74) is 3.84. The van der Waals surface area contributed by atoms with Crippen molar-refractivity contribution in [2.24, 2.45) is 7.05 Å². The van der Waals surface area contributed by atoms with Gasteiger partial charge in [0.25, 0.3) is 0 Å². The Hall–Kier alpha value is -1.91. The van der Waals surface area contributed by atoms with E-state index in [2.05, 4.69) is 10.1 Å². The second-order valence-electron chi connectivity index (χ2n) is 4.20. The number of hydrogen-bond acceptors (Lipinski definition) is 3. The standard InChI is InChI=1S/C12H15N3O2/c1-7-9(4-5-11(16)17)8(2)14-12-10(7)6-13-15(12)3/h6H,4-5H2,1-3H3,(H,16,17). The number of rotatable bonds is 3. The molecule has 2 rings (SSSR count). The van der Waals surface area contributed by atoms with E-state index in [-0.39, 0.29) is 6.42 Å². The fraction of sp³-hybridized carbons (Fsp3) is 0.417. The third kappa shape index (κ3) is 2.00. The van der Waals surface area contributed by atoms with Crippen LogP contribution in [0.2, 0.25) is 0 Å². The summed E-state index contributed by atoms with van der Waals surface area (Å²) in [6, 6.07) is 0. The molecule has 90 valence electrons. The van der Waals surface area contributed by atoms with Gasteiger partial charge in [-0.05, 0) is 31.4 Å². The maximum Gasteiger partial charge on any atom is 0.303 e. The molecule has 5 nitrogen and oxygen atoms in total. The smallest absolute Gasteiger partial charge is 0.303 e. The number of pyridine rings is 1. The van der Waals surface area contributed by atoms with E-state index in [1.165, 1.54) is 0 Å². The van der Waals surface area contributed by atoms with Gasteiger partial charge in [-0.2, -0.15) is 5.10 Å². The van der Waals surface area contributed by atoms with Crippen molar-refractivity contribution in [2.75, 3.05) is 0 Å². The van der Waals surface area contributed by atoms with Crippen LogP contribution in [0.25, 0.3) is 11.0 Å². The zero-order valence-electron chi connectivity index (χ0n) is 10.2. The highest BCUT2D eigenvalue weighted by atomic mass is 16.4. The van der Waals surface area contributed by atoms with E-state index in [0.29, 0.717) is 6.42 Å². The molecule has 0 spiro atoms. The predicted octanol–water partition coefficient (Wildman–Crippen LogP) is 1.60. The molecule has 0 radical (unpaired) electrons. The lowest BCUT2D eigenvalue weighted by molar-refractivity contribution is -0.136. The number of aryl methyl sites for hydroxylation is 3. The van der Waals surface area contributed by atoms with Crippen LogP contribution in [0.3, 0.4) is 0 Å². The van der Waals surface area contributed by atoms with Gasteiger partial charge in [-0.3, -0.25) is 9.48 Å². The van der Waals surface area contributed by atoms with Crippen molar-refractivity contribution in [3.05, 3.63) is 23.0 Å². The first kappa shape index (κ1) is 11.6. The maximum absolute atomic E-state index is 10.6. The highest BCUT2D eigenvalue weighted by Gasteiger charge is 2.12. The number of aliphatic carboxylic acids is 1. The number of fused-ring (bicyclic) bond motifs is 1. The van der Waals surface area contributed by atoms with Gasteiger partial charge in [-0.25, -0.2) is 4.98 Å². The van der Waals surface area contributed by atoms with Gasteiger partial charge in [0.2, 0.25) is 0 Å². The van der Waals surface area contributed by atoms with Crippen LogP contribution in [0.1, 0.15) is 23.2 Å². The average Bonchev–Trinajstić information content (AvgIpc) is 2.60. The van der Waals surface area contributed by atoms with Crippen molar-refractivity contribution in [1.29, 1.82) is 0 Å². The summed E-state index contributed by atoms with van der Waals surface area (Å²) in [5, 5.41) is 13.9. The van der Waals surface area contributed by atoms with E-state index in [1.54, 1.807) is 10.9 Å². The normalized spacial score (nSPS) is 11.0. The van der Waals surface area contributed by atoms with Crippen molar-refractivity contribution < 1.29 is 9.90 Å². The van der Waals surface area contributed by atoms with Gasteiger partial charge in [0.05, 0.1) is 6.20 Å². The van der Waals surface area contributed by atoms with Crippen molar-refractivity contribution >= 4 is 17.0 Å². The van der Waals surface area contributed by atoms with Crippen molar-refractivity contribution in [3.63, 3.8) is 0 Å². The fourth-order valence-corrected chi connectivity index (χ4v) is 2.09. The molecule has 0 aliphatic carbocycles. The van der Waals surface area contributed by atoms with Crippen molar-refractivity contribution in [2.45, 2.75) is 26.7 Å². The van der Waals surface area contributed by atoms with Crippen LogP contribution in [0.15, 0.2) is 6.20 Å². The molecule has 0 amide bonds. The van der Waals surface area contributed by atoms with E-state index in [9.17, 15) is 4.79 Å². The summed E-state index contributed by atoms with van der Waals surface area (Å²) in [4.78, 5) is 15.1. The van der Waals surface area contributed by atoms with E-state index in [0.717, 1.165) is 27.9 Å². The van der Waals surface area contributed by atoms with Gasteiger partial charge >= 0.3 is 5.97 Å². The topological polar surface area (TPSA) is 68.0 Å². The molecule has 0 saturated heterocycles. The molecule has 0 atom stereocenters. The van der Waals surface area contributed by atoms with Crippen LogP contribution in [-0.4, -0.2) is 25.8 Å². The Labute approximate surface area is 99.1 Å². The quantitative estimate of drug-likeness (QED) is 0.874. The highest BCUT2D eigenvalue weighted by Crippen LogP contribution is 2.23. The lowest BCUT2D eigenvalue weighted by Gasteiger charge is -2.09. The molecule has 2 aromatic heterocycles. The Kier molecular flexibility index (Phi) is 2.83. The number of hydrogen-bond donors (Lipinski definition) is 1. The minimum absolute atomic E-state index is 0.134. The van der Waals surface area contributed by atoms with Gasteiger partial charge in [0.1, 0.15) is 0 Å². The van der Waals surface area contributed by atoms with Gasteiger partial charge in [0.15, 0.2) is 5.65 Å². The molecule has 17 heavy (non-hydrogen) atoms. The van der Waals surface area contributed by atoms with Crippen LogP contribution in [0.4, 0.5) is 0 Å². The molecular weight excluding hydrogens is 218 g/mol. The second kappa shape index (κ2) is 4.16. The second-order valence-corrected chi connectivity index (χ2v) is 4.20. The third-order valence-electron chi connectivity index (χ3n) is 3.06. The van der Waals surface area contributed by atoms with Gasteiger partial charge < -0.3 is 5.11 Å². The minimum Gasteiger partial charge on any atom is -0.481 e. The Morgan fingerprint density at radius 2 is 2.18 bits per heavy atom. The van der Waals surface area contributed by atoms with E-state index >= 15 is 0 Å². The lowest BCUT2D eigenvalue weighted by Crippen LogP contribution is -2.04. The minimum atomic E-state index is -0.782. The van der Waals surface area contributed by atoms with Crippen LogP contribution in [-0.2, 0) is 18.3 Å². The molecular formula is C12H15N3O2. The number of carboxylic acids is 1. The molecule has 5 heteroatoms. The number of carbonyl (C=O) groups is 1. The number of carboxylic acid groups (broad SMARTS) is 1. The SMILES string of the molecule is Cc1nc2c(cnn2C)c(C)c1CCC(=O)O. The molecule has 0 bridgehead atoms. The number of nitrogens with zero attached hydrogens (tertiary/aromatic N) is 3. The molecule has 1 N–H and O–H groups in total. The summed E-state index contributed by atoms with van der Waals surface area (Å²) in [6.45, 7) is 3.91. The van der Waals surface area contributed by atoms with Crippen LogP contribution in [0, 0.1) is 13.8 Å². The third-order valence-corrected chi connectivity index (χ3v) is 3.06. The first-order chi connectivity index (χ1) is 8.00. The van der Waals surface area contributed by atoms with Crippen LogP contribution >= 0.6 is 0 Å². The predicted molar refractivity (Wildman–Crippen MR) is 63.9 cm³/mol. The summed E-state index contributed by atoms with van der Waals surface area (Å²) in [5.74, 6) is -0.782. The summed E-state index contributed by atoms with van der Waals surface area (Å²) in [7, 11) is 1.85. The Balaban J connectivity index is 2.52. The molecule has 0 fully saturated rings. The Morgan fingerprint density at radius 1 is 1.47 bits per heavy atom. The number of aromatic nitrogens is 3. The summed E-state index contributed by atoms with van der Waals surface area (Å²) in [6.07, 6.45) is 2.43. The van der Waals surface area contributed by atoms with E-state index in [4.69, 9.17) is 5.11 Å². The molecule has 0 saturated carbocycles. The van der Waals surface area contributed by atoms with Crippen LogP contribution in [0.5, 0.6) is 0 Å². The molecule has 0 unspecified atom stereocenters. The Bertz CT molecular complexity index is 587. The highest BCUT2D eigenvalue weighted by molar-refractivity contribution is 5.80. The van der Waals surface area contributed by atoms with Gasteiger partial charge in [-0.1, -0.05) is 0 Å². The first-order valence-electron chi connectivity index (χ1n) is 5.50. The monoisotopic (exact) mass is 233 g/mol. The molecule has 2 heterocycles. The first-order valence-corrected chi connectivity index (χ1v) is 5.50. The van der Waals surface area contributed by atoms with Gasteiger partial charge in [-0.15, -0.1) is 0 Å². The molecule has 2 aromatic rings. The van der Waals surface area contributed by atoms with Crippen LogP contribution < -0.4 is 0 Å². The van der Waals surface area contributed by atoms with Crippen molar-refractivity contribution in [1.82, 2.24) is 14.8 Å². The molecule has 0 aromatic carbocycles. The lowest BCUT2D eigenvalue weighted by atomic mass is 10.0. The zero-order valence-corrected chi connectivity index (χ0v) is 10.2. The fourth-order valence-electron chi connectivity index (χ4n) is 2.09. The summed E-state index contributed by atoms with van der Waals surface area (Å²) < 4.78 is 1.73. The largest absolute Gasteiger partial charge is 0.481 e. The van der Waals surface area contributed by atoms with Gasteiger partial charge in [0, 0.05) is 24.5 Å². The zero-order chi connectivity index (χ0) is 12.6. The molecule has 0 aliphatic heterocycles. The maximum atomic E-state index is 10.6. The van der Waals surface area contributed by atoms with E-state index in [1.807, 2.05) is 20.9 Å². The average molecular weight is 233 g/mol. The molecule has 0 aliphatic rings. The summed E-state index contributed by atoms with van der Waals surface area (Å²) >= 11 is 0. The van der Waals surface area contributed by atoms with E-state index < -0.39 is 5.97 Å². The Morgan fingerprint density at radius 3 is 2.82 bits per heavy atom.